The van der Waals surface area contributed by atoms with Crippen LogP contribution in [0.4, 0.5) is 0 Å². The summed E-state index contributed by atoms with van der Waals surface area (Å²) in [6.07, 6.45) is 3.11. The van der Waals surface area contributed by atoms with Crippen LogP contribution < -0.4 is 16.9 Å². The van der Waals surface area contributed by atoms with E-state index >= 15 is 0 Å². The van der Waals surface area contributed by atoms with E-state index in [9.17, 15) is 0 Å². The number of hydrogen-bond donors (Lipinski definition) is 4. The topological polar surface area (TPSA) is 95.7 Å². The number of rotatable bonds is 10. The molecule has 1 rings (SSSR count). The van der Waals surface area contributed by atoms with Crippen molar-refractivity contribution in [1.29, 1.82) is 0 Å². The maximum Gasteiger partial charge on any atom is 0.488 e. The Bertz CT molecular complexity index is 373. The van der Waals surface area contributed by atoms with Crippen LogP contribution >= 0.6 is 37.2 Å². The first-order chi connectivity index (χ1) is 9.67. The molecule has 0 radical (unpaired) electrons. The lowest BCUT2D eigenvalue weighted by atomic mass is 9.80. The summed E-state index contributed by atoms with van der Waals surface area (Å²) in [7, 11) is -1.40. The van der Waals surface area contributed by atoms with E-state index < -0.39 is 7.12 Å². The van der Waals surface area contributed by atoms with Gasteiger partial charge >= 0.3 is 7.12 Å². The van der Waals surface area contributed by atoms with E-state index in [1.165, 1.54) is 5.56 Å². The molecule has 1 aromatic carbocycles. The van der Waals surface area contributed by atoms with Crippen molar-refractivity contribution in [1.82, 2.24) is 4.90 Å². The minimum absolute atomic E-state index is 0. The van der Waals surface area contributed by atoms with Gasteiger partial charge in [-0.15, -0.1) is 37.2 Å². The molecular weight excluding hydrogens is 359 g/mol. The standard InChI is InChI=1S/C14H26BN3O2.3ClH/c16-8-1-2-10-18(11-3-9-17)12-13-4-6-14(7-5-13)15(19)20;;;/h4-7,19-20H,1-3,8-12,16-17H2;3*1H. The summed E-state index contributed by atoms with van der Waals surface area (Å²) in [6.45, 7) is 4.27. The molecule has 0 bridgehead atoms. The summed E-state index contributed by atoms with van der Waals surface area (Å²) in [4.78, 5) is 2.37. The molecule has 9 heteroatoms. The quantitative estimate of drug-likeness (QED) is 0.346. The van der Waals surface area contributed by atoms with Gasteiger partial charge in [0.05, 0.1) is 0 Å². The molecule has 0 atom stereocenters. The van der Waals surface area contributed by atoms with Gasteiger partial charge in [0.25, 0.3) is 0 Å². The predicted molar refractivity (Wildman–Crippen MR) is 105 cm³/mol. The molecule has 5 nitrogen and oxygen atoms in total. The Kier molecular flexibility index (Phi) is 20.3. The molecule has 0 aliphatic heterocycles. The van der Waals surface area contributed by atoms with Gasteiger partial charge in [-0.2, -0.15) is 0 Å². The molecule has 136 valence electrons. The molecule has 0 heterocycles. The monoisotopic (exact) mass is 387 g/mol. The third-order valence-corrected chi connectivity index (χ3v) is 3.29. The summed E-state index contributed by atoms with van der Waals surface area (Å²) < 4.78 is 0. The van der Waals surface area contributed by atoms with Gasteiger partial charge in [-0.3, -0.25) is 4.90 Å². The molecular formula is C14H29BCl3N3O2. The molecule has 0 saturated carbocycles. The molecule has 0 amide bonds. The first kappa shape index (κ1) is 27.8. The highest BCUT2D eigenvalue weighted by molar-refractivity contribution is 6.58. The van der Waals surface area contributed by atoms with E-state index in [0.717, 1.165) is 45.4 Å². The summed E-state index contributed by atoms with van der Waals surface area (Å²) in [5.74, 6) is 0. The van der Waals surface area contributed by atoms with Gasteiger partial charge in [0.1, 0.15) is 0 Å². The Balaban J connectivity index is -0.00000133. The van der Waals surface area contributed by atoms with Crippen LogP contribution in [0, 0.1) is 0 Å². The van der Waals surface area contributed by atoms with Crippen LogP contribution in [0.5, 0.6) is 0 Å². The smallest absolute Gasteiger partial charge is 0.423 e. The zero-order valence-electron chi connectivity index (χ0n) is 13.3. The maximum atomic E-state index is 9.08. The van der Waals surface area contributed by atoms with E-state index in [0.29, 0.717) is 12.0 Å². The van der Waals surface area contributed by atoms with Crippen LogP contribution in [0.15, 0.2) is 24.3 Å². The molecule has 0 unspecified atom stereocenters. The molecule has 0 aromatic heterocycles. The van der Waals surface area contributed by atoms with Crippen molar-refractivity contribution in [2.45, 2.75) is 25.8 Å². The van der Waals surface area contributed by atoms with Gasteiger partial charge in [-0.05, 0) is 56.5 Å². The van der Waals surface area contributed by atoms with Crippen molar-refractivity contribution in [2.75, 3.05) is 26.2 Å². The fourth-order valence-corrected chi connectivity index (χ4v) is 2.12. The third kappa shape index (κ3) is 12.0. The Hall–Kier alpha value is -0.0451. The van der Waals surface area contributed by atoms with Crippen LogP contribution in [0.25, 0.3) is 0 Å². The van der Waals surface area contributed by atoms with Crippen molar-refractivity contribution >= 4 is 49.8 Å². The molecule has 1 aromatic rings. The Morgan fingerprint density at radius 3 is 1.83 bits per heavy atom. The number of nitrogens with zero attached hydrogens (tertiary/aromatic N) is 1. The van der Waals surface area contributed by atoms with Crippen LogP contribution in [-0.2, 0) is 6.54 Å². The maximum absolute atomic E-state index is 9.08. The van der Waals surface area contributed by atoms with Gasteiger partial charge in [0.2, 0.25) is 0 Å². The average Bonchev–Trinajstić information content (AvgIpc) is 2.45. The Morgan fingerprint density at radius 1 is 0.826 bits per heavy atom. The zero-order valence-corrected chi connectivity index (χ0v) is 15.7. The Morgan fingerprint density at radius 2 is 1.35 bits per heavy atom. The van der Waals surface area contributed by atoms with E-state index in [4.69, 9.17) is 21.5 Å². The van der Waals surface area contributed by atoms with Crippen molar-refractivity contribution < 1.29 is 10.0 Å². The van der Waals surface area contributed by atoms with Crippen LogP contribution in [0.2, 0.25) is 0 Å². The minimum atomic E-state index is -1.40. The van der Waals surface area contributed by atoms with Crippen LogP contribution in [0.1, 0.15) is 24.8 Å². The highest BCUT2D eigenvalue weighted by Crippen LogP contribution is 2.06. The third-order valence-electron chi connectivity index (χ3n) is 3.29. The number of halogens is 3. The van der Waals surface area contributed by atoms with Gasteiger partial charge in [0.15, 0.2) is 0 Å². The average molecular weight is 389 g/mol. The fourth-order valence-electron chi connectivity index (χ4n) is 2.12. The molecule has 0 aliphatic rings. The molecule has 23 heavy (non-hydrogen) atoms. The lowest BCUT2D eigenvalue weighted by Gasteiger charge is -2.22. The SMILES string of the molecule is Cl.Cl.Cl.NCCCCN(CCCN)Cc1ccc(B(O)O)cc1. The molecule has 6 N–H and O–H groups in total. The number of nitrogens with two attached hydrogens (primary N) is 2. The van der Waals surface area contributed by atoms with Crippen molar-refractivity contribution in [3.63, 3.8) is 0 Å². The number of benzene rings is 1. The van der Waals surface area contributed by atoms with E-state index in [1.54, 1.807) is 12.1 Å². The second-order valence-electron chi connectivity index (χ2n) is 5.03. The minimum Gasteiger partial charge on any atom is -0.423 e. The normalized spacial score (nSPS) is 9.61. The van der Waals surface area contributed by atoms with E-state index in [2.05, 4.69) is 4.90 Å². The molecule has 0 aliphatic carbocycles. The van der Waals surface area contributed by atoms with Gasteiger partial charge in [0, 0.05) is 6.54 Å². The highest BCUT2D eigenvalue weighted by atomic mass is 35.5. The van der Waals surface area contributed by atoms with Crippen molar-refractivity contribution in [2.24, 2.45) is 11.5 Å². The largest absolute Gasteiger partial charge is 0.488 e. The van der Waals surface area contributed by atoms with Gasteiger partial charge in [-0.1, -0.05) is 24.3 Å². The van der Waals surface area contributed by atoms with Gasteiger partial charge in [-0.25, -0.2) is 0 Å². The first-order valence-electron chi connectivity index (χ1n) is 7.25. The number of hydrogen-bond acceptors (Lipinski definition) is 5. The van der Waals surface area contributed by atoms with Crippen LogP contribution in [-0.4, -0.2) is 48.2 Å². The highest BCUT2D eigenvalue weighted by Gasteiger charge is 2.11. The lowest BCUT2D eigenvalue weighted by molar-refractivity contribution is 0.258. The summed E-state index contributed by atoms with van der Waals surface area (Å²) in [5, 5.41) is 18.2. The van der Waals surface area contributed by atoms with Gasteiger partial charge < -0.3 is 21.5 Å². The second-order valence-corrected chi connectivity index (χ2v) is 5.03. The summed E-state index contributed by atoms with van der Waals surface area (Å²) in [6, 6.07) is 7.38. The van der Waals surface area contributed by atoms with Crippen LogP contribution in [0.3, 0.4) is 0 Å². The van der Waals surface area contributed by atoms with Crippen molar-refractivity contribution in [3.8, 4) is 0 Å². The van der Waals surface area contributed by atoms with E-state index in [-0.39, 0.29) is 37.2 Å². The molecule has 0 fully saturated rings. The molecule has 0 spiro atoms. The fraction of sp³-hybridized carbons (Fsp3) is 0.571. The first-order valence-corrected chi connectivity index (χ1v) is 7.25. The summed E-state index contributed by atoms with van der Waals surface area (Å²) in [5.41, 5.74) is 12.8. The second kappa shape index (κ2) is 16.8. The summed E-state index contributed by atoms with van der Waals surface area (Å²) >= 11 is 0. The lowest BCUT2D eigenvalue weighted by Crippen LogP contribution is -2.30. The van der Waals surface area contributed by atoms with E-state index in [1.807, 2.05) is 12.1 Å². The Labute approximate surface area is 158 Å². The zero-order chi connectivity index (χ0) is 14.8. The predicted octanol–water partition coefficient (Wildman–Crippen LogP) is 0.522. The number of unbranched alkanes of at least 4 members (excludes halogenated alkanes) is 1. The molecule has 0 saturated heterocycles. The van der Waals surface area contributed by atoms with Crippen molar-refractivity contribution in [3.05, 3.63) is 29.8 Å².